The highest BCUT2D eigenvalue weighted by atomic mass is 32.1. The second kappa shape index (κ2) is 4.85. The van der Waals surface area contributed by atoms with Crippen molar-refractivity contribution in [3.05, 3.63) is 28.3 Å². The second-order valence-corrected chi connectivity index (χ2v) is 4.56. The summed E-state index contributed by atoms with van der Waals surface area (Å²) < 4.78 is 34.6. The lowest BCUT2D eigenvalue weighted by Gasteiger charge is -1.94. The van der Waals surface area contributed by atoms with E-state index < -0.39 is 12.4 Å². The van der Waals surface area contributed by atoms with Crippen molar-refractivity contribution < 1.29 is 22.8 Å². The number of thiophene rings is 1. The van der Waals surface area contributed by atoms with Gasteiger partial charge in [-0.25, -0.2) is 13.6 Å². The number of hydrogen-bond donors (Lipinski definition) is 0. The molecule has 0 aliphatic heterocycles. The van der Waals surface area contributed by atoms with Gasteiger partial charge in [-0.15, -0.1) is 11.3 Å². The fourth-order valence-corrected chi connectivity index (χ4v) is 2.41. The van der Waals surface area contributed by atoms with E-state index in [1.807, 2.05) is 0 Å². The van der Waals surface area contributed by atoms with Crippen LogP contribution in [0, 0.1) is 6.92 Å². The van der Waals surface area contributed by atoms with Gasteiger partial charge in [-0.05, 0) is 19.1 Å². The molecule has 7 heteroatoms. The molecule has 18 heavy (non-hydrogen) atoms. The fourth-order valence-electron chi connectivity index (χ4n) is 1.45. The third kappa shape index (κ3) is 2.13. The third-order valence-corrected chi connectivity index (χ3v) is 3.45. The minimum Gasteiger partial charge on any atom is -0.465 e. The number of methoxy groups -OCH3 is 1. The van der Waals surface area contributed by atoms with Crippen molar-refractivity contribution in [2.24, 2.45) is 0 Å². The summed E-state index contributed by atoms with van der Waals surface area (Å²) in [7, 11) is 1.27. The smallest absolute Gasteiger partial charge is 0.348 e. The number of alkyl halides is 2. The lowest BCUT2D eigenvalue weighted by Crippen LogP contribution is -1.96. The summed E-state index contributed by atoms with van der Waals surface area (Å²) in [6.07, 6.45) is -2.68. The maximum atomic E-state index is 12.6. The van der Waals surface area contributed by atoms with Crippen LogP contribution < -0.4 is 0 Å². The number of esters is 1. The number of nitrogens with zero attached hydrogens (tertiary/aromatic N) is 1. The molecule has 0 fully saturated rings. The van der Waals surface area contributed by atoms with Crippen LogP contribution in [0.15, 0.2) is 16.7 Å². The van der Waals surface area contributed by atoms with Gasteiger partial charge in [0.1, 0.15) is 4.88 Å². The van der Waals surface area contributed by atoms with Crippen LogP contribution in [0.5, 0.6) is 0 Å². The first-order chi connectivity index (χ1) is 8.54. The molecule has 2 heterocycles. The van der Waals surface area contributed by atoms with Crippen LogP contribution in [0.2, 0.25) is 0 Å². The molecule has 0 saturated carbocycles. The van der Waals surface area contributed by atoms with Crippen molar-refractivity contribution in [1.82, 2.24) is 5.16 Å². The van der Waals surface area contributed by atoms with Crippen LogP contribution in [0.3, 0.4) is 0 Å². The summed E-state index contributed by atoms with van der Waals surface area (Å²) in [5, 5.41) is 3.33. The van der Waals surface area contributed by atoms with Gasteiger partial charge < -0.3 is 9.26 Å². The predicted octanol–water partition coefficient (Wildman–Crippen LogP) is 3.44. The van der Waals surface area contributed by atoms with Crippen LogP contribution in [0.25, 0.3) is 10.6 Å². The Labute approximate surface area is 105 Å². The predicted molar refractivity (Wildman–Crippen MR) is 60.8 cm³/mol. The fraction of sp³-hybridized carbons (Fsp3) is 0.273. The number of halogens is 2. The number of carbonyl (C=O) groups excluding carboxylic acids is 1. The van der Waals surface area contributed by atoms with E-state index in [1.165, 1.54) is 14.0 Å². The van der Waals surface area contributed by atoms with Gasteiger partial charge in [-0.3, -0.25) is 0 Å². The summed E-state index contributed by atoms with van der Waals surface area (Å²) >= 11 is 1.10. The van der Waals surface area contributed by atoms with Gasteiger partial charge in [0.15, 0.2) is 11.5 Å². The molecule has 0 unspecified atom stereocenters. The Bertz CT molecular complexity index is 577. The largest absolute Gasteiger partial charge is 0.465 e. The van der Waals surface area contributed by atoms with Crippen molar-refractivity contribution in [2.45, 2.75) is 13.3 Å². The molecule has 0 saturated heterocycles. The van der Waals surface area contributed by atoms with Gasteiger partial charge >= 0.3 is 5.97 Å². The Morgan fingerprint density at radius 2 is 2.22 bits per heavy atom. The average Bonchev–Trinajstić information content (AvgIpc) is 2.94. The van der Waals surface area contributed by atoms with Crippen LogP contribution in [0.4, 0.5) is 8.78 Å². The van der Waals surface area contributed by atoms with E-state index >= 15 is 0 Å². The SMILES string of the molecule is COC(=O)c1ccc(-c2onc(C(F)F)c2C)s1. The number of ether oxygens (including phenoxy) is 1. The van der Waals surface area contributed by atoms with E-state index in [0.29, 0.717) is 9.75 Å². The van der Waals surface area contributed by atoms with E-state index in [-0.39, 0.29) is 17.0 Å². The van der Waals surface area contributed by atoms with Crippen molar-refractivity contribution in [2.75, 3.05) is 7.11 Å². The molecule has 0 N–H and O–H groups in total. The topological polar surface area (TPSA) is 52.3 Å². The van der Waals surface area contributed by atoms with Crippen molar-refractivity contribution in [3.8, 4) is 10.6 Å². The lowest BCUT2D eigenvalue weighted by atomic mass is 10.2. The van der Waals surface area contributed by atoms with Crippen LogP contribution >= 0.6 is 11.3 Å². The lowest BCUT2D eigenvalue weighted by molar-refractivity contribution is 0.0606. The van der Waals surface area contributed by atoms with Gasteiger partial charge in [0.05, 0.1) is 12.0 Å². The Morgan fingerprint density at radius 1 is 1.50 bits per heavy atom. The van der Waals surface area contributed by atoms with Gasteiger partial charge in [-0.2, -0.15) is 0 Å². The van der Waals surface area contributed by atoms with Gasteiger partial charge in [0.25, 0.3) is 6.43 Å². The molecule has 96 valence electrons. The van der Waals surface area contributed by atoms with E-state index in [9.17, 15) is 13.6 Å². The molecule has 0 aliphatic rings. The first kappa shape index (κ1) is 12.7. The first-order valence-corrected chi connectivity index (χ1v) is 5.79. The zero-order valence-electron chi connectivity index (χ0n) is 9.57. The molecule has 0 radical (unpaired) electrons. The summed E-state index contributed by atoms with van der Waals surface area (Å²) in [6, 6.07) is 3.16. The van der Waals surface area contributed by atoms with Crippen LogP contribution in [-0.2, 0) is 4.74 Å². The molecular weight excluding hydrogens is 264 g/mol. The molecule has 0 aliphatic carbocycles. The standard InChI is InChI=1S/C11H9F2NO3S/c1-5-8(10(12)13)14-17-9(5)6-3-4-7(18-6)11(15)16-2/h3-4,10H,1-2H3. The summed E-state index contributed by atoms with van der Waals surface area (Å²) in [5.74, 6) is -0.219. The zero-order valence-corrected chi connectivity index (χ0v) is 10.4. The van der Waals surface area contributed by atoms with E-state index in [4.69, 9.17) is 4.52 Å². The molecule has 0 atom stereocenters. The van der Waals surface area contributed by atoms with Gasteiger partial charge in [-0.1, -0.05) is 5.16 Å². The highest BCUT2D eigenvalue weighted by Crippen LogP contribution is 2.34. The third-order valence-electron chi connectivity index (χ3n) is 2.38. The van der Waals surface area contributed by atoms with E-state index in [2.05, 4.69) is 9.89 Å². The monoisotopic (exact) mass is 273 g/mol. The normalized spacial score (nSPS) is 10.9. The molecule has 0 amide bonds. The highest BCUT2D eigenvalue weighted by Gasteiger charge is 2.22. The summed E-state index contributed by atoms with van der Waals surface area (Å²) in [4.78, 5) is 12.2. The van der Waals surface area contributed by atoms with Crippen molar-refractivity contribution in [3.63, 3.8) is 0 Å². The molecular formula is C11H9F2NO3S. The quantitative estimate of drug-likeness (QED) is 0.804. The van der Waals surface area contributed by atoms with Crippen molar-refractivity contribution in [1.29, 1.82) is 0 Å². The van der Waals surface area contributed by atoms with Crippen molar-refractivity contribution >= 4 is 17.3 Å². The summed E-state index contributed by atoms with van der Waals surface area (Å²) in [6.45, 7) is 1.50. The Hall–Kier alpha value is -1.76. The van der Waals surface area contributed by atoms with E-state index in [1.54, 1.807) is 12.1 Å². The molecule has 2 aromatic heterocycles. The van der Waals surface area contributed by atoms with Crippen LogP contribution in [0.1, 0.15) is 27.4 Å². The molecule has 0 bridgehead atoms. The average molecular weight is 273 g/mol. The Kier molecular flexibility index (Phi) is 3.42. The molecule has 4 nitrogen and oxygen atoms in total. The number of hydrogen-bond acceptors (Lipinski definition) is 5. The van der Waals surface area contributed by atoms with Gasteiger partial charge in [0, 0.05) is 5.56 Å². The second-order valence-electron chi connectivity index (χ2n) is 3.48. The summed E-state index contributed by atoms with van der Waals surface area (Å²) in [5.41, 5.74) is -0.0960. The molecule has 0 aromatic carbocycles. The minimum atomic E-state index is -2.68. The molecule has 0 spiro atoms. The maximum absolute atomic E-state index is 12.6. The minimum absolute atomic E-state index is 0.255. The van der Waals surface area contributed by atoms with Crippen LogP contribution in [-0.4, -0.2) is 18.2 Å². The zero-order chi connectivity index (χ0) is 13.3. The maximum Gasteiger partial charge on any atom is 0.348 e. The van der Waals surface area contributed by atoms with E-state index in [0.717, 1.165) is 11.3 Å². The number of carbonyl (C=O) groups is 1. The molecule has 2 rings (SSSR count). The molecule has 2 aromatic rings. The number of aromatic nitrogens is 1. The number of rotatable bonds is 3. The highest BCUT2D eigenvalue weighted by molar-refractivity contribution is 7.17. The Balaban J connectivity index is 2.37. The Morgan fingerprint density at radius 3 is 2.78 bits per heavy atom. The first-order valence-electron chi connectivity index (χ1n) is 4.97. The van der Waals surface area contributed by atoms with Gasteiger partial charge in [0.2, 0.25) is 0 Å².